The van der Waals surface area contributed by atoms with E-state index in [0.717, 1.165) is 25.0 Å². The zero-order valence-electron chi connectivity index (χ0n) is 11.4. The van der Waals surface area contributed by atoms with Crippen LogP contribution in [0.15, 0.2) is 29.4 Å². The minimum Gasteiger partial charge on any atom is -0.350 e. The molecule has 102 valence electrons. The third kappa shape index (κ3) is 4.09. The number of carbonyl (C=O) groups excluding carboxylic acids is 1. The molecule has 4 heteroatoms. The molecule has 2 rings (SSSR count). The summed E-state index contributed by atoms with van der Waals surface area (Å²) in [6.07, 6.45) is 5.61. The number of hydrazone groups is 1. The molecule has 0 heterocycles. The van der Waals surface area contributed by atoms with Crippen LogP contribution in [0.5, 0.6) is 0 Å². The van der Waals surface area contributed by atoms with Crippen molar-refractivity contribution in [3.8, 4) is 0 Å². The van der Waals surface area contributed by atoms with Gasteiger partial charge in [-0.05, 0) is 56.1 Å². The van der Waals surface area contributed by atoms with E-state index in [1.807, 2.05) is 6.92 Å². The Morgan fingerprint density at radius 3 is 2.89 bits per heavy atom. The van der Waals surface area contributed by atoms with Crippen molar-refractivity contribution < 1.29 is 4.79 Å². The number of nitrogens with one attached hydrogen (secondary N) is 1. The Morgan fingerprint density at radius 2 is 2.16 bits per heavy atom. The fourth-order valence-corrected chi connectivity index (χ4v) is 2.64. The number of hydrogen-bond donors (Lipinski definition) is 2. The highest BCUT2D eigenvalue weighted by atomic mass is 16.2. The average Bonchev–Trinajstić information content (AvgIpc) is 2.42. The minimum absolute atomic E-state index is 0.606. The Morgan fingerprint density at radius 1 is 1.42 bits per heavy atom. The number of nitrogens with zero attached hydrogens (tertiary/aromatic N) is 1. The minimum atomic E-state index is -0.606. The van der Waals surface area contributed by atoms with Crippen LogP contribution in [0.4, 0.5) is 4.79 Å². The summed E-state index contributed by atoms with van der Waals surface area (Å²) in [5.41, 5.74) is 11.2. The second-order valence-electron chi connectivity index (χ2n) is 5.24. The van der Waals surface area contributed by atoms with E-state index in [1.54, 1.807) is 0 Å². The van der Waals surface area contributed by atoms with Crippen LogP contribution in [0.2, 0.25) is 0 Å². The smallest absolute Gasteiger partial charge is 0.332 e. The van der Waals surface area contributed by atoms with Crippen molar-refractivity contribution in [1.29, 1.82) is 0 Å². The lowest BCUT2D eigenvalue weighted by molar-refractivity contribution is 0.249. The molecule has 1 aliphatic carbocycles. The second-order valence-corrected chi connectivity index (χ2v) is 5.24. The molecular weight excluding hydrogens is 238 g/mol. The van der Waals surface area contributed by atoms with Gasteiger partial charge in [0.05, 0.1) is 0 Å². The quantitative estimate of drug-likeness (QED) is 0.633. The molecular formula is C15H21N3O. The van der Waals surface area contributed by atoms with Gasteiger partial charge < -0.3 is 5.73 Å². The van der Waals surface area contributed by atoms with Crippen molar-refractivity contribution in [2.24, 2.45) is 16.8 Å². The Hall–Kier alpha value is -1.84. The maximum atomic E-state index is 10.6. The Balaban J connectivity index is 1.82. The molecule has 2 amide bonds. The van der Waals surface area contributed by atoms with E-state index in [4.69, 9.17) is 5.73 Å². The second kappa shape index (κ2) is 6.36. The third-order valence-corrected chi connectivity index (χ3v) is 3.72. The van der Waals surface area contributed by atoms with Crippen LogP contribution in [0, 0.1) is 5.92 Å². The predicted molar refractivity (Wildman–Crippen MR) is 77.0 cm³/mol. The molecule has 0 saturated carbocycles. The monoisotopic (exact) mass is 259 g/mol. The molecule has 0 fully saturated rings. The summed E-state index contributed by atoms with van der Waals surface area (Å²) in [6.45, 7) is 1.92. The molecule has 19 heavy (non-hydrogen) atoms. The van der Waals surface area contributed by atoms with Gasteiger partial charge in [0.1, 0.15) is 0 Å². The van der Waals surface area contributed by atoms with Crippen LogP contribution in [0.3, 0.4) is 0 Å². The molecule has 0 bridgehead atoms. The van der Waals surface area contributed by atoms with Gasteiger partial charge in [0.2, 0.25) is 0 Å². The normalized spacial score (nSPS) is 18.8. The summed E-state index contributed by atoms with van der Waals surface area (Å²) in [5, 5.41) is 3.94. The maximum absolute atomic E-state index is 10.6. The fraction of sp³-hybridized carbons (Fsp3) is 0.467. The lowest BCUT2D eigenvalue weighted by Gasteiger charge is -2.24. The number of hydrogen-bond acceptors (Lipinski definition) is 2. The fourth-order valence-electron chi connectivity index (χ4n) is 2.64. The van der Waals surface area contributed by atoms with E-state index in [2.05, 4.69) is 34.8 Å². The van der Waals surface area contributed by atoms with Gasteiger partial charge in [0.15, 0.2) is 0 Å². The average molecular weight is 259 g/mol. The summed E-state index contributed by atoms with van der Waals surface area (Å²) in [6, 6.07) is 8.09. The van der Waals surface area contributed by atoms with Gasteiger partial charge in [-0.2, -0.15) is 5.10 Å². The Kier molecular flexibility index (Phi) is 4.55. The maximum Gasteiger partial charge on any atom is 0.332 e. The molecule has 1 aromatic rings. The van der Waals surface area contributed by atoms with Crippen molar-refractivity contribution in [3.05, 3.63) is 35.4 Å². The lowest BCUT2D eigenvalue weighted by Crippen LogP contribution is -2.25. The number of amides is 2. The highest BCUT2D eigenvalue weighted by Gasteiger charge is 2.17. The van der Waals surface area contributed by atoms with Crippen molar-refractivity contribution in [2.45, 2.75) is 39.0 Å². The van der Waals surface area contributed by atoms with Gasteiger partial charge in [0.25, 0.3) is 0 Å². The molecule has 1 aromatic carbocycles. The molecule has 0 aromatic heterocycles. The Labute approximate surface area is 114 Å². The first-order valence-corrected chi connectivity index (χ1v) is 6.80. The zero-order valence-corrected chi connectivity index (χ0v) is 11.4. The van der Waals surface area contributed by atoms with Gasteiger partial charge in [0, 0.05) is 5.71 Å². The third-order valence-electron chi connectivity index (χ3n) is 3.72. The van der Waals surface area contributed by atoms with E-state index in [0.29, 0.717) is 5.92 Å². The lowest BCUT2D eigenvalue weighted by atomic mass is 9.81. The molecule has 0 unspecified atom stereocenters. The van der Waals surface area contributed by atoms with Gasteiger partial charge in [-0.15, -0.1) is 0 Å². The highest BCUT2D eigenvalue weighted by molar-refractivity contribution is 5.83. The van der Waals surface area contributed by atoms with Gasteiger partial charge in [-0.25, -0.2) is 10.2 Å². The van der Waals surface area contributed by atoms with Crippen molar-refractivity contribution in [1.82, 2.24) is 5.43 Å². The van der Waals surface area contributed by atoms with E-state index in [1.165, 1.54) is 24.0 Å². The van der Waals surface area contributed by atoms with Crippen LogP contribution in [0.25, 0.3) is 0 Å². The molecule has 0 radical (unpaired) electrons. The number of aryl methyl sites for hydroxylation is 1. The molecule has 3 N–H and O–H groups in total. The molecule has 4 nitrogen and oxygen atoms in total. The highest BCUT2D eigenvalue weighted by Crippen LogP contribution is 2.28. The summed E-state index contributed by atoms with van der Waals surface area (Å²) >= 11 is 0. The van der Waals surface area contributed by atoms with E-state index in [-0.39, 0.29) is 0 Å². The van der Waals surface area contributed by atoms with Crippen molar-refractivity contribution in [2.75, 3.05) is 0 Å². The summed E-state index contributed by atoms with van der Waals surface area (Å²) in [5.74, 6) is 0.716. The molecule has 0 aliphatic heterocycles. The van der Waals surface area contributed by atoms with Crippen LogP contribution >= 0.6 is 0 Å². The number of carbonyl (C=O) groups is 1. The van der Waals surface area contributed by atoms with E-state index in [9.17, 15) is 4.79 Å². The van der Waals surface area contributed by atoms with Crippen molar-refractivity contribution in [3.63, 3.8) is 0 Å². The first-order valence-electron chi connectivity index (χ1n) is 6.80. The van der Waals surface area contributed by atoms with Crippen LogP contribution in [0.1, 0.15) is 37.3 Å². The number of benzene rings is 1. The van der Waals surface area contributed by atoms with Crippen LogP contribution in [-0.4, -0.2) is 11.7 Å². The molecule has 1 atom stereocenters. The van der Waals surface area contributed by atoms with Gasteiger partial charge >= 0.3 is 6.03 Å². The predicted octanol–water partition coefficient (Wildman–Crippen LogP) is 2.62. The summed E-state index contributed by atoms with van der Waals surface area (Å²) < 4.78 is 0. The Bertz CT molecular complexity index is 482. The number of urea groups is 1. The van der Waals surface area contributed by atoms with Gasteiger partial charge in [-0.1, -0.05) is 24.3 Å². The summed E-state index contributed by atoms with van der Waals surface area (Å²) in [4.78, 5) is 10.6. The van der Waals surface area contributed by atoms with Crippen LogP contribution in [-0.2, 0) is 12.8 Å². The molecule has 0 saturated heterocycles. The SMILES string of the molecule is C/C(CC[C@H]1CCc2ccccc2C1)=N\NC(N)=O. The summed E-state index contributed by atoms with van der Waals surface area (Å²) in [7, 11) is 0. The van der Waals surface area contributed by atoms with Gasteiger partial charge in [-0.3, -0.25) is 0 Å². The van der Waals surface area contributed by atoms with Crippen molar-refractivity contribution >= 4 is 11.7 Å². The first-order chi connectivity index (χ1) is 9.15. The topological polar surface area (TPSA) is 67.5 Å². The largest absolute Gasteiger partial charge is 0.350 e. The van der Waals surface area contributed by atoms with E-state index < -0.39 is 6.03 Å². The standard InChI is InChI=1S/C15H21N3O/c1-11(17-18-15(16)19)6-7-12-8-9-13-4-2-3-5-14(13)10-12/h2-5,12H,6-10H2,1H3,(H3,16,18,19)/b17-11+/t12-/m0/s1. The van der Waals surface area contributed by atoms with Crippen LogP contribution < -0.4 is 11.2 Å². The molecule has 0 spiro atoms. The number of rotatable bonds is 4. The number of nitrogens with two attached hydrogens (primary N) is 1. The van der Waals surface area contributed by atoms with E-state index >= 15 is 0 Å². The zero-order chi connectivity index (χ0) is 13.7. The number of primary amides is 1. The number of fused-ring (bicyclic) bond motifs is 1. The first kappa shape index (κ1) is 13.6. The molecule has 1 aliphatic rings.